The number of rotatable bonds is 5. The molecule has 1 heteroatoms. The third kappa shape index (κ3) is 3.06. The van der Waals surface area contributed by atoms with Crippen molar-refractivity contribution in [2.24, 2.45) is 11.8 Å². The second-order valence-electron chi connectivity index (χ2n) is 6.94. The minimum absolute atomic E-state index is 0.183. The quantitative estimate of drug-likeness (QED) is 0.539. The molecule has 0 bridgehead atoms. The number of aliphatic hydroxyl groups excluding tert-OH is 1. The van der Waals surface area contributed by atoms with Gasteiger partial charge in [-0.15, -0.1) is 0 Å². The van der Waals surface area contributed by atoms with E-state index in [4.69, 9.17) is 0 Å². The maximum absolute atomic E-state index is 10.2. The molecular formula is C22H26O. The summed E-state index contributed by atoms with van der Waals surface area (Å²) in [7, 11) is 0. The van der Waals surface area contributed by atoms with Gasteiger partial charge in [0.2, 0.25) is 0 Å². The molecule has 0 saturated heterocycles. The molecule has 0 spiro atoms. The summed E-state index contributed by atoms with van der Waals surface area (Å²) in [5.74, 6) is 1.41. The highest BCUT2D eigenvalue weighted by atomic mass is 16.3. The first-order valence-corrected chi connectivity index (χ1v) is 8.52. The second-order valence-corrected chi connectivity index (χ2v) is 6.94. The molecule has 120 valence electrons. The van der Waals surface area contributed by atoms with Gasteiger partial charge in [0, 0.05) is 5.92 Å². The van der Waals surface area contributed by atoms with Crippen molar-refractivity contribution in [1.82, 2.24) is 0 Å². The van der Waals surface area contributed by atoms with Crippen LogP contribution in [0, 0.1) is 18.8 Å². The molecule has 1 saturated carbocycles. The zero-order valence-corrected chi connectivity index (χ0v) is 14.2. The Morgan fingerprint density at radius 1 is 1.22 bits per heavy atom. The van der Waals surface area contributed by atoms with Crippen molar-refractivity contribution >= 4 is 12.2 Å². The molecule has 0 amide bonds. The molecule has 2 aliphatic carbocycles. The summed E-state index contributed by atoms with van der Waals surface area (Å²) in [5.41, 5.74) is 8.13. The van der Waals surface area contributed by atoms with E-state index < -0.39 is 0 Å². The molecule has 2 aliphatic rings. The van der Waals surface area contributed by atoms with Gasteiger partial charge in [0.15, 0.2) is 0 Å². The van der Waals surface area contributed by atoms with Crippen LogP contribution in [0.4, 0.5) is 0 Å². The molecule has 3 rings (SSSR count). The van der Waals surface area contributed by atoms with Gasteiger partial charge in [-0.05, 0) is 79.3 Å². The van der Waals surface area contributed by atoms with Gasteiger partial charge in [0.05, 0.1) is 5.76 Å². The lowest BCUT2D eigenvalue weighted by Crippen LogP contribution is -2.03. The minimum atomic E-state index is 0.183. The molecular weight excluding hydrogens is 280 g/mol. The summed E-state index contributed by atoms with van der Waals surface area (Å²) in [6, 6.07) is 2.27. The standard InChI is InChI=1S/C22H26O/c1-5-7-22(23)19-12-18-11-16(6-2)20(15(4)21(18)13-19)10-14(3)17-8-9-17/h5-7,10-11,17,19,23H,1-2,8-9,12-13H2,3-4H3/b14-10+,22-7-. The minimum Gasteiger partial charge on any atom is -0.512 e. The summed E-state index contributed by atoms with van der Waals surface area (Å²) in [4.78, 5) is 0. The Morgan fingerprint density at radius 3 is 2.57 bits per heavy atom. The predicted octanol–water partition coefficient (Wildman–Crippen LogP) is 5.79. The van der Waals surface area contributed by atoms with Crippen molar-refractivity contribution in [3.05, 3.63) is 70.5 Å². The first-order chi connectivity index (χ1) is 11.0. The molecule has 1 unspecified atom stereocenters. The van der Waals surface area contributed by atoms with Gasteiger partial charge in [-0.3, -0.25) is 0 Å². The van der Waals surface area contributed by atoms with Crippen molar-refractivity contribution in [3.63, 3.8) is 0 Å². The van der Waals surface area contributed by atoms with Gasteiger partial charge in [0.1, 0.15) is 0 Å². The zero-order chi connectivity index (χ0) is 16.6. The Kier molecular flexibility index (Phi) is 4.30. The lowest BCUT2D eigenvalue weighted by molar-refractivity contribution is 0.334. The third-order valence-corrected chi connectivity index (χ3v) is 5.32. The maximum atomic E-state index is 10.2. The van der Waals surface area contributed by atoms with E-state index in [9.17, 15) is 5.11 Å². The van der Waals surface area contributed by atoms with Crippen LogP contribution in [-0.2, 0) is 12.8 Å². The molecule has 1 aromatic carbocycles. The van der Waals surface area contributed by atoms with E-state index in [0.29, 0.717) is 5.76 Å². The molecule has 1 fully saturated rings. The van der Waals surface area contributed by atoms with Gasteiger partial charge in [-0.2, -0.15) is 0 Å². The first-order valence-electron chi connectivity index (χ1n) is 8.52. The van der Waals surface area contributed by atoms with E-state index in [0.717, 1.165) is 18.8 Å². The summed E-state index contributed by atoms with van der Waals surface area (Å²) >= 11 is 0. The Morgan fingerprint density at radius 2 is 1.96 bits per heavy atom. The summed E-state index contributed by atoms with van der Waals surface area (Å²) in [5, 5.41) is 10.2. The average Bonchev–Trinajstić information content (AvgIpc) is 3.29. The normalized spacial score (nSPS) is 21.2. The molecule has 1 nitrogen and oxygen atoms in total. The van der Waals surface area contributed by atoms with Crippen LogP contribution < -0.4 is 0 Å². The van der Waals surface area contributed by atoms with Crippen LogP contribution in [0.5, 0.6) is 0 Å². The van der Waals surface area contributed by atoms with Crippen LogP contribution in [0.1, 0.15) is 47.6 Å². The van der Waals surface area contributed by atoms with E-state index in [-0.39, 0.29) is 5.92 Å². The predicted molar refractivity (Wildman–Crippen MR) is 99.5 cm³/mol. The monoisotopic (exact) mass is 306 g/mol. The van der Waals surface area contributed by atoms with E-state index in [2.05, 4.69) is 39.1 Å². The average molecular weight is 306 g/mol. The summed E-state index contributed by atoms with van der Waals surface area (Å²) in [6.45, 7) is 12.1. The molecule has 1 N–H and O–H groups in total. The number of allylic oxidation sites excluding steroid dienone is 4. The second kappa shape index (κ2) is 6.23. The summed E-state index contributed by atoms with van der Waals surface area (Å²) < 4.78 is 0. The fourth-order valence-corrected chi connectivity index (χ4v) is 3.73. The topological polar surface area (TPSA) is 20.2 Å². The molecule has 23 heavy (non-hydrogen) atoms. The van der Waals surface area contributed by atoms with Crippen molar-refractivity contribution in [1.29, 1.82) is 0 Å². The van der Waals surface area contributed by atoms with Crippen LogP contribution in [0.3, 0.4) is 0 Å². The van der Waals surface area contributed by atoms with Crippen LogP contribution in [0.25, 0.3) is 12.2 Å². The van der Waals surface area contributed by atoms with Gasteiger partial charge in [-0.25, -0.2) is 0 Å². The number of aliphatic hydroxyl groups is 1. The van der Waals surface area contributed by atoms with E-state index >= 15 is 0 Å². The van der Waals surface area contributed by atoms with Crippen molar-refractivity contribution < 1.29 is 5.11 Å². The maximum Gasteiger partial charge on any atom is 0.0959 e. The number of hydrogen-bond donors (Lipinski definition) is 1. The van der Waals surface area contributed by atoms with Crippen LogP contribution in [0.15, 0.2) is 42.7 Å². The van der Waals surface area contributed by atoms with Crippen LogP contribution in [-0.4, -0.2) is 5.11 Å². The van der Waals surface area contributed by atoms with Gasteiger partial charge < -0.3 is 5.11 Å². The molecule has 0 aliphatic heterocycles. The number of benzene rings is 1. The molecule has 1 atom stereocenters. The lowest BCUT2D eigenvalue weighted by atomic mass is 9.92. The van der Waals surface area contributed by atoms with Crippen LogP contribution in [0.2, 0.25) is 0 Å². The Balaban J connectivity index is 2.01. The third-order valence-electron chi connectivity index (χ3n) is 5.32. The van der Waals surface area contributed by atoms with Crippen molar-refractivity contribution in [2.45, 2.75) is 39.5 Å². The van der Waals surface area contributed by atoms with Crippen molar-refractivity contribution in [2.75, 3.05) is 0 Å². The SMILES string of the molecule is C=C/C=C(\O)C1Cc2cc(C=C)c(/C=C(\C)C3CC3)c(C)c2C1. The molecule has 0 aromatic heterocycles. The Bertz CT molecular complexity index is 714. The molecule has 0 radical (unpaired) electrons. The van der Waals surface area contributed by atoms with E-state index in [1.807, 2.05) is 6.08 Å². The van der Waals surface area contributed by atoms with Crippen LogP contribution >= 0.6 is 0 Å². The van der Waals surface area contributed by atoms with Gasteiger partial charge in [0.25, 0.3) is 0 Å². The Labute approximate surface area is 139 Å². The number of hydrogen-bond acceptors (Lipinski definition) is 1. The first kappa shape index (κ1) is 15.9. The Hall–Kier alpha value is -2.02. The lowest BCUT2D eigenvalue weighted by Gasteiger charge is -2.13. The smallest absolute Gasteiger partial charge is 0.0959 e. The fourth-order valence-electron chi connectivity index (χ4n) is 3.73. The highest BCUT2D eigenvalue weighted by Crippen LogP contribution is 2.40. The zero-order valence-electron chi connectivity index (χ0n) is 14.2. The molecule has 0 heterocycles. The fraction of sp³-hybridized carbons (Fsp3) is 0.364. The van der Waals surface area contributed by atoms with Gasteiger partial charge >= 0.3 is 0 Å². The number of fused-ring (bicyclic) bond motifs is 1. The van der Waals surface area contributed by atoms with Crippen molar-refractivity contribution in [3.8, 4) is 0 Å². The highest BCUT2D eigenvalue weighted by molar-refractivity contribution is 5.71. The highest BCUT2D eigenvalue weighted by Gasteiger charge is 2.28. The largest absolute Gasteiger partial charge is 0.512 e. The van der Waals surface area contributed by atoms with E-state index in [1.54, 1.807) is 12.2 Å². The summed E-state index contributed by atoms with van der Waals surface area (Å²) in [6.07, 6.45) is 12.2. The molecule has 1 aromatic rings. The van der Waals surface area contributed by atoms with Gasteiger partial charge in [-0.1, -0.05) is 43.0 Å². The van der Waals surface area contributed by atoms with E-state index in [1.165, 1.54) is 46.2 Å².